The van der Waals surface area contributed by atoms with Crippen LogP contribution in [0.5, 0.6) is 0 Å². The fraction of sp³-hybridized carbons (Fsp3) is 0.556. The lowest BCUT2D eigenvalue weighted by Gasteiger charge is -2.32. The molecule has 126 valence electrons. The molecule has 0 unspecified atom stereocenters. The average molecular weight is 317 g/mol. The van der Waals surface area contributed by atoms with Gasteiger partial charge in [0.15, 0.2) is 0 Å². The zero-order chi connectivity index (χ0) is 16.7. The number of piperidine rings is 1. The molecule has 0 spiro atoms. The molecular weight excluding hydrogens is 290 g/mol. The number of nitrogens with zero attached hydrogens (tertiary/aromatic N) is 1. The summed E-state index contributed by atoms with van der Waals surface area (Å²) in [6.45, 7) is 6.98. The predicted octanol–water partition coefficient (Wildman–Crippen LogP) is 2.18. The minimum atomic E-state index is -0.0927. The van der Waals surface area contributed by atoms with Gasteiger partial charge in [-0.1, -0.05) is 19.1 Å². The fourth-order valence-corrected chi connectivity index (χ4v) is 2.99. The Labute approximate surface area is 138 Å². The standard InChI is InChI=1S/C18H27N3O2/c1-3-10-21-11-8-17(9-12-21)20-18(23)13-15-4-6-16(7-5-15)19-14(2)22/h4-7,17H,3,8-13H2,1-2H3,(H,19,22)(H,20,23). The van der Waals surface area contributed by atoms with Crippen LogP contribution >= 0.6 is 0 Å². The zero-order valence-corrected chi connectivity index (χ0v) is 14.1. The second kappa shape index (κ2) is 8.67. The molecule has 0 aliphatic carbocycles. The number of nitrogens with one attached hydrogen (secondary N) is 2. The molecule has 5 nitrogen and oxygen atoms in total. The molecule has 2 N–H and O–H groups in total. The summed E-state index contributed by atoms with van der Waals surface area (Å²) < 4.78 is 0. The highest BCUT2D eigenvalue weighted by Crippen LogP contribution is 2.12. The molecule has 1 fully saturated rings. The van der Waals surface area contributed by atoms with Crippen molar-refractivity contribution in [3.8, 4) is 0 Å². The number of hydrogen-bond donors (Lipinski definition) is 2. The minimum absolute atomic E-state index is 0.0752. The molecule has 0 radical (unpaired) electrons. The summed E-state index contributed by atoms with van der Waals surface area (Å²) in [5, 5.41) is 5.86. The van der Waals surface area contributed by atoms with Gasteiger partial charge in [0, 0.05) is 31.7 Å². The molecule has 1 heterocycles. The largest absolute Gasteiger partial charge is 0.353 e. The first-order valence-corrected chi connectivity index (χ1v) is 8.45. The molecule has 0 aromatic heterocycles. The van der Waals surface area contributed by atoms with E-state index < -0.39 is 0 Å². The second-order valence-corrected chi connectivity index (χ2v) is 6.24. The first kappa shape index (κ1) is 17.5. The van der Waals surface area contributed by atoms with E-state index in [0.717, 1.165) is 43.7 Å². The van der Waals surface area contributed by atoms with Crippen molar-refractivity contribution in [3.05, 3.63) is 29.8 Å². The first-order chi connectivity index (χ1) is 11.1. The van der Waals surface area contributed by atoms with Crippen molar-refractivity contribution in [1.29, 1.82) is 0 Å². The summed E-state index contributed by atoms with van der Waals surface area (Å²) in [6.07, 6.45) is 3.64. The van der Waals surface area contributed by atoms with Crippen LogP contribution in [0.4, 0.5) is 5.69 Å². The summed E-state index contributed by atoms with van der Waals surface area (Å²) in [5.41, 5.74) is 1.71. The van der Waals surface area contributed by atoms with Crippen LogP contribution in [0.2, 0.25) is 0 Å². The Bertz CT molecular complexity index is 520. The van der Waals surface area contributed by atoms with E-state index in [1.165, 1.54) is 13.3 Å². The number of carbonyl (C=O) groups excluding carboxylic acids is 2. The molecule has 1 aromatic carbocycles. The van der Waals surface area contributed by atoms with E-state index in [1.54, 1.807) is 0 Å². The van der Waals surface area contributed by atoms with Crippen LogP contribution in [0.3, 0.4) is 0 Å². The lowest BCUT2D eigenvalue weighted by molar-refractivity contribution is -0.121. The highest BCUT2D eigenvalue weighted by atomic mass is 16.2. The van der Waals surface area contributed by atoms with Crippen molar-refractivity contribution in [3.63, 3.8) is 0 Å². The Morgan fingerprint density at radius 1 is 1.17 bits per heavy atom. The Hall–Kier alpha value is -1.88. The molecule has 1 aliphatic rings. The van der Waals surface area contributed by atoms with Gasteiger partial charge in [-0.05, 0) is 43.5 Å². The van der Waals surface area contributed by atoms with Gasteiger partial charge < -0.3 is 15.5 Å². The fourth-order valence-electron chi connectivity index (χ4n) is 2.99. The second-order valence-electron chi connectivity index (χ2n) is 6.24. The first-order valence-electron chi connectivity index (χ1n) is 8.45. The molecule has 0 saturated carbocycles. The molecule has 1 aliphatic heterocycles. The van der Waals surface area contributed by atoms with Gasteiger partial charge in [0.1, 0.15) is 0 Å². The van der Waals surface area contributed by atoms with Crippen LogP contribution in [0.1, 0.15) is 38.7 Å². The summed E-state index contributed by atoms with van der Waals surface area (Å²) in [7, 11) is 0. The van der Waals surface area contributed by atoms with E-state index in [4.69, 9.17) is 0 Å². The number of hydrogen-bond acceptors (Lipinski definition) is 3. The van der Waals surface area contributed by atoms with E-state index in [9.17, 15) is 9.59 Å². The van der Waals surface area contributed by atoms with E-state index in [1.807, 2.05) is 24.3 Å². The number of carbonyl (C=O) groups is 2. The SMILES string of the molecule is CCCN1CCC(NC(=O)Cc2ccc(NC(C)=O)cc2)CC1. The van der Waals surface area contributed by atoms with Gasteiger partial charge in [0.05, 0.1) is 6.42 Å². The van der Waals surface area contributed by atoms with E-state index >= 15 is 0 Å². The number of anilines is 1. The third-order valence-electron chi connectivity index (χ3n) is 4.13. The maximum Gasteiger partial charge on any atom is 0.224 e. The molecule has 2 amide bonds. The Kier molecular flexibility index (Phi) is 6.59. The molecule has 1 aromatic rings. The van der Waals surface area contributed by atoms with Crippen molar-refractivity contribution in [2.45, 2.75) is 45.6 Å². The third kappa shape index (κ3) is 6.02. The van der Waals surface area contributed by atoms with Gasteiger partial charge in [-0.25, -0.2) is 0 Å². The number of likely N-dealkylation sites (tertiary alicyclic amines) is 1. The van der Waals surface area contributed by atoms with Crippen LogP contribution in [0, 0.1) is 0 Å². The van der Waals surface area contributed by atoms with E-state index in [2.05, 4.69) is 22.5 Å². The summed E-state index contributed by atoms with van der Waals surface area (Å²) in [6, 6.07) is 7.72. The Morgan fingerprint density at radius 2 is 1.83 bits per heavy atom. The van der Waals surface area contributed by atoms with Gasteiger partial charge in [0.25, 0.3) is 0 Å². The summed E-state index contributed by atoms with van der Waals surface area (Å²) >= 11 is 0. The third-order valence-corrected chi connectivity index (χ3v) is 4.13. The molecule has 5 heteroatoms. The molecular formula is C18H27N3O2. The van der Waals surface area contributed by atoms with Gasteiger partial charge in [-0.2, -0.15) is 0 Å². The average Bonchev–Trinajstić information content (AvgIpc) is 2.51. The van der Waals surface area contributed by atoms with Crippen molar-refractivity contribution in [1.82, 2.24) is 10.2 Å². The van der Waals surface area contributed by atoms with E-state index in [-0.39, 0.29) is 11.8 Å². The topological polar surface area (TPSA) is 61.4 Å². The zero-order valence-electron chi connectivity index (χ0n) is 14.1. The highest BCUT2D eigenvalue weighted by Gasteiger charge is 2.19. The number of amides is 2. The lowest BCUT2D eigenvalue weighted by atomic mass is 10.0. The molecule has 1 saturated heterocycles. The Morgan fingerprint density at radius 3 is 2.39 bits per heavy atom. The number of rotatable bonds is 6. The summed E-state index contributed by atoms with van der Waals surface area (Å²) in [5.74, 6) is -0.0175. The maximum atomic E-state index is 12.2. The van der Waals surface area contributed by atoms with Crippen molar-refractivity contribution >= 4 is 17.5 Å². The maximum absolute atomic E-state index is 12.2. The molecule has 23 heavy (non-hydrogen) atoms. The van der Waals surface area contributed by atoms with Crippen molar-refractivity contribution < 1.29 is 9.59 Å². The molecule has 0 bridgehead atoms. The van der Waals surface area contributed by atoms with Crippen LogP contribution in [-0.2, 0) is 16.0 Å². The van der Waals surface area contributed by atoms with Crippen LogP contribution < -0.4 is 10.6 Å². The summed E-state index contributed by atoms with van der Waals surface area (Å²) in [4.78, 5) is 25.6. The van der Waals surface area contributed by atoms with E-state index in [0.29, 0.717) is 12.5 Å². The van der Waals surface area contributed by atoms with Gasteiger partial charge >= 0.3 is 0 Å². The monoisotopic (exact) mass is 317 g/mol. The number of benzene rings is 1. The normalized spacial score (nSPS) is 16.1. The van der Waals surface area contributed by atoms with Crippen LogP contribution in [0.25, 0.3) is 0 Å². The molecule has 0 atom stereocenters. The minimum Gasteiger partial charge on any atom is -0.353 e. The van der Waals surface area contributed by atoms with Crippen LogP contribution in [-0.4, -0.2) is 42.4 Å². The Balaban J connectivity index is 1.75. The van der Waals surface area contributed by atoms with Crippen LogP contribution in [0.15, 0.2) is 24.3 Å². The highest BCUT2D eigenvalue weighted by molar-refractivity contribution is 5.88. The van der Waals surface area contributed by atoms with Gasteiger partial charge in [-0.15, -0.1) is 0 Å². The lowest BCUT2D eigenvalue weighted by Crippen LogP contribution is -2.45. The van der Waals surface area contributed by atoms with Crippen molar-refractivity contribution in [2.75, 3.05) is 25.0 Å². The molecule has 2 rings (SSSR count). The van der Waals surface area contributed by atoms with Crippen molar-refractivity contribution in [2.24, 2.45) is 0 Å². The van der Waals surface area contributed by atoms with Gasteiger partial charge in [0.2, 0.25) is 11.8 Å². The smallest absolute Gasteiger partial charge is 0.224 e. The van der Waals surface area contributed by atoms with Gasteiger partial charge in [-0.3, -0.25) is 9.59 Å². The predicted molar refractivity (Wildman–Crippen MR) is 92.3 cm³/mol. The quantitative estimate of drug-likeness (QED) is 0.845.